The molecule has 2 aromatic heterocycles. The van der Waals surface area contributed by atoms with Crippen LogP contribution in [0, 0.1) is 0 Å². The highest BCUT2D eigenvalue weighted by Gasteiger charge is 2.36. The van der Waals surface area contributed by atoms with Gasteiger partial charge in [-0.2, -0.15) is 0 Å². The summed E-state index contributed by atoms with van der Waals surface area (Å²) in [6, 6.07) is 3.17. The second kappa shape index (κ2) is 4.12. The molecule has 0 aromatic carbocycles. The quantitative estimate of drug-likeness (QED) is 0.672. The Labute approximate surface area is 110 Å². The summed E-state index contributed by atoms with van der Waals surface area (Å²) in [5, 5.41) is 19.7. The number of furan rings is 2. The highest BCUT2D eigenvalue weighted by Crippen LogP contribution is 2.57. The number of nitrogens with zero attached hydrogens (tertiary/aromatic N) is 1. The van der Waals surface area contributed by atoms with Crippen molar-refractivity contribution >= 4 is 16.7 Å². The van der Waals surface area contributed by atoms with Crippen molar-refractivity contribution in [3.05, 3.63) is 18.4 Å². The fraction of sp³-hybridized carbons (Fsp3) is 0.273. The van der Waals surface area contributed by atoms with Crippen LogP contribution in [0.25, 0.3) is 11.5 Å². The summed E-state index contributed by atoms with van der Waals surface area (Å²) in [4.78, 5) is 0. The van der Waals surface area contributed by atoms with Gasteiger partial charge in [-0.1, -0.05) is 0 Å². The van der Waals surface area contributed by atoms with Crippen LogP contribution in [0.3, 0.4) is 0 Å². The smallest absolute Gasteiger partial charge is 0.261 e. The largest absolute Gasteiger partial charge is 0.501 e. The predicted molar refractivity (Wildman–Crippen MR) is 69.4 cm³/mol. The highest BCUT2D eigenvalue weighted by molar-refractivity contribution is 8.25. The zero-order valence-electron chi connectivity index (χ0n) is 9.81. The van der Waals surface area contributed by atoms with Crippen LogP contribution in [-0.2, 0) is 0 Å². The molecule has 0 bridgehead atoms. The average Bonchev–Trinajstić information content (AvgIpc) is 3.03. The van der Waals surface area contributed by atoms with E-state index in [2.05, 4.69) is 0 Å². The van der Waals surface area contributed by atoms with E-state index in [1.807, 2.05) is 0 Å². The van der Waals surface area contributed by atoms with Crippen molar-refractivity contribution in [1.29, 1.82) is 0 Å². The minimum absolute atomic E-state index is 0.0420. The van der Waals surface area contributed by atoms with Crippen molar-refractivity contribution in [1.82, 2.24) is 0 Å². The van der Waals surface area contributed by atoms with Gasteiger partial charge in [0.25, 0.3) is 5.88 Å². The summed E-state index contributed by atoms with van der Waals surface area (Å²) in [5.41, 5.74) is 0. The van der Waals surface area contributed by atoms with E-state index in [1.54, 1.807) is 12.1 Å². The number of anilines is 1. The van der Waals surface area contributed by atoms with Crippen LogP contribution < -0.4 is 4.31 Å². The summed E-state index contributed by atoms with van der Waals surface area (Å²) < 4.78 is 31.3. The van der Waals surface area contributed by atoms with E-state index in [4.69, 9.17) is 8.83 Å². The molecule has 1 aliphatic rings. The monoisotopic (exact) mass is 287 g/mol. The molecule has 0 spiro atoms. The van der Waals surface area contributed by atoms with Gasteiger partial charge in [-0.25, -0.2) is 4.31 Å². The molecule has 1 aliphatic heterocycles. The minimum atomic E-state index is -3.00. The lowest BCUT2D eigenvalue weighted by molar-refractivity contribution is 0.408. The van der Waals surface area contributed by atoms with E-state index < -0.39 is 22.3 Å². The Morgan fingerprint density at radius 2 is 2.00 bits per heavy atom. The Kier molecular flexibility index (Phi) is 2.66. The number of hydrogen-bond acceptors (Lipinski definition) is 7. The number of rotatable bonds is 2. The van der Waals surface area contributed by atoms with E-state index in [1.165, 1.54) is 10.6 Å². The topological polar surface area (TPSA) is 110 Å². The van der Waals surface area contributed by atoms with Gasteiger partial charge in [0.2, 0.25) is 17.3 Å². The van der Waals surface area contributed by atoms with Crippen molar-refractivity contribution in [2.24, 2.45) is 0 Å². The number of hydrogen-bond donors (Lipinski definition) is 4. The fourth-order valence-corrected chi connectivity index (χ4v) is 3.59. The zero-order chi connectivity index (χ0) is 13.6. The van der Waals surface area contributed by atoms with Crippen molar-refractivity contribution in [3.8, 4) is 23.0 Å². The van der Waals surface area contributed by atoms with Gasteiger partial charge in [0.15, 0.2) is 5.76 Å². The Morgan fingerprint density at radius 3 is 2.58 bits per heavy atom. The Balaban J connectivity index is 2.07. The molecule has 3 rings (SSSR count). The van der Waals surface area contributed by atoms with Gasteiger partial charge < -0.3 is 19.0 Å². The van der Waals surface area contributed by atoms with Gasteiger partial charge in [0.1, 0.15) is 0 Å². The molecule has 104 valence electrons. The molecule has 0 amide bonds. The third-order valence-electron chi connectivity index (χ3n) is 2.94. The van der Waals surface area contributed by atoms with Gasteiger partial charge in [-0.3, -0.25) is 9.11 Å². The maximum Gasteiger partial charge on any atom is 0.261 e. The normalized spacial score (nSPS) is 19.8. The van der Waals surface area contributed by atoms with Crippen LogP contribution in [0.1, 0.15) is 6.42 Å². The van der Waals surface area contributed by atoms with Gasteiger partial charge in [-0.15, -0.1) is 10.8 Å². The first-order valence-electron chi connectivity index (χ1n) is 5.63. The van der Waals surface area contributed by atoms with Crippen LogP contribution in [0.15, 0.2) is 27.2 Å². The summed E-state index contributed by atoms with van der Waals surface area (Å²) in [5.74, 6) is -0.736. The maximum atomic E-state index is 9.87. The van der Waals surface area contributed by atoms with Crippen LogP contribution in [0.5, 0.6) is 11.5 Å². The van der Waals surface area contributed by atoms with Crippen LogP contribution >= 0.6 is 10.8 Å². The van der Waals surface area contributed by atoms with Crippen LogP contribution in [0.2, 0.25) is 0 Å². The summed E-state index contributed by atoms with van der Waals surface area (Å²) in [6.45, 7) is 0.334. The summed E-state index contributed by atoms with van der Waals surface area (Å²) >= 11 is 0. The van der Waals surface area contributed by atoms with Gasteiger partial charge in [-0.05, 0) is 18.6 Å². The Hall–Kier alpha value is -1.77. The van der Waals surface area contributed by atoms with E-state index >= 15 is 0 Å². The average molecular weight is 287 g/mol. The molecule has 7 nitrogen and oxygen atoms in total. The molecule has 0 aliphatic carbocycles. The van der Waals surface area contributed by atoms with Gasteiger partial charge >= 0.3 is 0 Å². The summed E-state index contributed by atoms with van der Waals surface area (Å²) in [6.07, 6.45) is 1.97. The van der Waals surface area contributed by atoms with E-state index in [-0.39, 0.29) is 23.2 Å². The van der Waals surface area contributed by atoms with Gasteiger partial charge in [0.05, 0.1) is 12.0 Å². The lowest BCUT2D eigenvalue weighted by Gasteiger charge is -2.35. The molecule has 3 heterocycles. The lowest BCUT2D eigenvalue weighted by atomic mass is 10.3. The van der Waals surface area contributed by atoms with Crippen molar-refractivity contribution in [3.63, 3.8) is 0 Å². The molecule has 4 N–H and O–H groups in total. The molecule has 19 heavy (non-hydrogen) atoms. The molecule has 2 aromatic rings. The molecule has 0 unspecified atom stereocenters. The van der Waals surface area contributed by atoms with E-state index in [9.17, 15) is 19.3 Å². The molecule has 1 saturated heterocycles. The van der Waals surface area contributed by atoms with Crippen LogP contribution in [-0.4, -0.2) is 31.6 Å². The first kappa shape index (κ1) is 12.3. The highest BCUT2D eigenvalue weighted by atomic mass is 32.3. The third-order valence-corrected chi connectivity index (χ3v) is 4.84. The fourth-order valence-electron chi connectivity index (χ4n) is 2.04. The molecule has 0 radical (unpaired) electrons. The molecular weight excluding hydrogens is 274 g/mol. The van der Waals surface area contributed by atoms with E-state index in [0.717, 1.165) is 0 Å². The molecule has 1 fully saturated rings. The van der Waals surface area contributed by atoms with Crippen molar-refractivity contribution in [2.75, 3.05) is 16.6 Å². The van der Waals surface area contributed by atoms with Crippen LogP contribution in [0.4, 0.5) is 5.88 Å². The maximum absolute atomic E-state index is 9.87. The summed E-state index contributed by atoms with van der Waals surface area (Å²) in [7, 11) is -3.00. The SMILES string of the molecule is Oc1c(-c2ccco2)oc(N2CCCS2(O)O)c1O. The first-order valence-corrected chi connectivity index (χ1v) is 7.30. The predicted octanol–water partition coefficient (Wildman–Crippen LogP) is 2.83. The lowest BCUT2D eigenvalue weighted by Crippen LogP contribution is -2.21. The first-order chi connectivity index (χ1) is 9.00. The molecule has 8 heteroatoms. The molecule has 0 atom stereocenters. The van der Waals surface area contributed by atoms with Crippen molar-refractivity contribution < 1.29 is 28.2 Å². The zero-order valence-corrected chi connectivity index (χ0v) is 10.6. The third kappa shape index (κ3) is 1.84. The molecule has 0 saturated carbocycles. The Bertz CT molecular complexity index is 591. The minimum Gasteiger partial charge on any atom is -0.501 e. The number of aromatic hydroxyl groups is 2. The standard InChI is InChI=1S/C11H13NO6S/c13-8-9(14)11(12-4-2-6-19(12,15)16)18-10(8)7-3-1-5-17-7/h1,3,5,13-16H,2,4,6H2. The van der Waals surface area contributed by atoms with Gasteiger partial charge in [0, 0.05) is 6.54 Å². The van der Waals surface area contributed by atoms with E-state index in [0.29, 0.717) is 13.0 Å². The molecular formula is C11H13NO6S. The second-order valence-electron chi connectivity index (χ2n) is 4.20. The Morgan fingerprint density at radius 1 is 1.21 bits per heavy atom. The second-order valence-corrected chi connectivity index (χ2v) is 6.32. The van der Waals surface area contributed by atoms with Crippen molar-refractivity contribution in [2.45, 2.75) is 6.42 Å².